The van der Waals surface area contributed by atoms with Crippen LogP contribution in [0.5, 0.6) is 0 Å². The first-order chi connectivity index (χ1) is 8.25. The Morgan fingerprint density at radius 2 is 2.00 bits per heavy atom. The summed E-state index contributed by atoms with van der Waals surface area (Å²) >= 11 is 6.49. The molecule has 0 aliphatic carbocycles. The van der Waals surface area contributed by atoms with Gasteiger partial charge in [-0.3, -0.25) is 0 Å². The number of halogens is 2. The summed E-state index contributed by atoms with van der Waals surface area (Å²) in [6, 6.07) is 5.00. The third-order valence-corrected chi connectivity index (χ3v) is 5.79. The minimum atomic E-state index is -3.54. The van der Waals surface area contributed by atoms with Crippen LogP contribution in [-0.4, -0.2) is 37.5 Å². The molecule has 0 aliphatic rings. The van der Waals surface area contributed by atoms with Crippen LogP contribution in [-0.2, 0) is 10.0 Å². The lowest BCUT2D eigenvalue weighted by molar-refractivity contribution is 0.177. The van der Waals surface area contributed by atoms with Gasteiger partial charge in [0, 0.05) is 22.5 Å². The quantitative estimate of drug-likeness (QED) is 0.826. The van der Waals surface area contributed by atoms with Gasteiger partial charge in [-0.25, -0.2) is 12.7 Å². The second kappa shape index (κ2) is 6.47. The van der Waals surface area contributed by atoms with Gasteiger partial charge in [0.05, 0.1) is 11.0 Å². The maximum Gasteiger partial charge on any atom is 0.243 e. The Bertz CT molecular complexity index is 517. The molecule has 0 spiro atoms. The maximum atomic E-state index is 12.3. The van der Waals surface area contributed by atoms with E-state index in [1.807, 2.05) is 0 Å². The monoisotopic (exact) mass is 399 g/mol. The minimum Gasteiger partial charge on any atom is -0.393 e. The van der Waals surface area contributed by atoms with Crippen LogP contribution in [0.25, 0.3) is 0 Å². The second-order valence-electron chi connectivity index (χ2n) is 4.04. The summed E-state index contributed by atoms with van der Waals surface area (Å²) in [6.07, 6.45) is -0.116. The van der Waals surface area contributed by atoms with Gasteiger partial charge in [0.25, 0.3) is 0 Å². The Balaban J connectivity index is 3.02. The van der Waals surface area contributed by atoms with Crippen LogP contribution in [0.2, 0.25) is 0 Å². The molecule has 1 aromatic rings. The van der Waals surface area contributed by atoms with E-state index in [2.05, 4.69) is 31.9 Å². The van der Waals surface area contributed by atoms with E-state index in [0.29, 0.717) is 15.4 Å². The summed E-state index contributed by atoms with van der Waals surface area (Å²) in [7, 11) is -2.04. The molecule has 1 N–H and O–H groups in total. The summed E-state index contributed by atoms with van der Waals surface area (Å²) in [6.45, 7) is 1.91. The lowest BCUT2D eigenvalue weighted by atomic mass is 10.3. The summed E-state index contributed by atoms with van der Waals surface area (Å²) in [5.74, 6) is 0. The van der Waals surface area contributed by atoms with Crippen molar-refractivity contribution in [3.63, 3.8) is 0 Å². The van der Waals surface area contributed by atoms with E-state index in [1.165, 1.54) is 11.4 Å². The highest BCUT2D eigenvalue weighted by Crippen LogP contribution is 2.27. The van der Waals surface area contributed by atoms with Gasteiger partial charge in [0.15, 0.2) is 0 Å². The molecule has 0 heterocycles. The van der Waals surface area contributed by atoms with Crippen LogP contribution < -0.4 is 0 Å². The molecule has 1 unspecified atom stereocenters. The predicted molar refractivity (Wildman–Crippen MR) is 78.0 cm³/mol. The second-order valence-corrected chi connectivity index (χ2v) is 7.82. The van der Waals surface area contributed by atoms with E-state index in [4.69, 9.17) is 0 Å². The molecule has 18 heavy (non-hydrogen) atoms. The van der Waals surface area contributed by atoms with E-state index in [-0.39, 0.29) is 11.4 Å². The largest absolute Gasteiger partial charge is 0.393 e. The van der Waals surface area contributed by atoms with Crippen molar-refractivity contribution >= 4 is 41.9 Å². The number of nitrogens with zero attached hydrogens (tertiary/aromatic N) is 1. The van der Waals surface area contributed by atoms with Gasteiger partial charge in [-0.1, -0.05) is 15.9 Å². The number of hydrogen-bond donors (Lipinski definition) is 1. The smallest absolute Gasteiger partial charge is 0.243 e. The minimum absolute atomic E-state index is 0.213. The van der Waals surface area contributed by atoms with Crippen LogP contribution in [0.15, 0.2) is 32.0 Å². The average molecular weight is 401 g/mol. The van der Waals surface area contributed by atoms with Crippen molar-refractivity contribution < 1.29 is 13.5 Å². The first kappa shape index (κ1) is 16.1. The van der Waals surface area contributed by atoms with Crippen LogP contribution in [0, 0.1) is 0 Å². The van der Waals surface area contributed by atoms with Gasteiger partial charge in [0.1, 0.15) is 0 Å². The summed E-state index contributed by atoms with van der Waals surface area (Å²) in [5, 5.41) is 9.20. The normalized spacial score (nSPS) is 13.9. The number of aliphatic hydroxyl groups is 1. The van der Waals surface area contributed by atoms with E-state index in [9.17, 15) is 13.5 Å². The van der Waals surface area contributed by atoms with Crippen molar-refractivity contribution in [1.82, 2.24) is 4.31 Å². The molecule has 0 fully saturated rings. The fourth-order valence-corrected chi connectivity index (χ4v) is 3.98. The van der Waals surface area contributed by atoms with Gasteiger partial charge >= 0.3 is 0 Å². The van der Waals surface area contributed by atoms with Crippen molar-refractivity contribution in [3.8, 4) is 0 Å². The molecular formula is C11H15Br2NO3S. The molecule has 0 saturated heterocycles. The number of benzene rings is 1. The van der Waals surface area contributed by atoms with Crippen LogP contribution in [0.3, 0.4) is 0 Å². The standard InChI is InChI=1S/C11H15Br2NO3S/c1-8(15)5-6-14(2)18(16,17)11-7-9(12)3-4-10(11)13/h3-4,7-8,15H,5-6H2,1-2H3. The van der Waals surface area contributed by atoms with E-state index in [0.717, 1.165) is 0 Å². The van der Waals surface area contributed by atoms with Gasteiger partial charge in [-0.05, 0) is 47.5 Å². The highest BCUT2D eigenvalue weighted by Gasteiger charge is 2.23. The third kappa shape index (κ3) is 4.03. The Morgan fingerprint density at radius 3 is 2.56 bits per heavy atom. The van der Waals surface area contributed by atoms with Crippen molar-refractivity contribution in [2.75, 3.05) is 13.6 Å². The van der Waals surface area contributed by atoms with Crippen LogP contribution in [0.1, 0.15) is 13.3 Å². The summed E-state index contributed by atoms with van der Waals surface area (Å²) in [4.78, 5) is 0.213. The van der Waals surface area contributed by atoms with Crippen LogP contribution in [0.4, 0.5) is 0 Å². The van der Waals surface area contributed by atoms with Gasteiger partial charge in [-0.15, -0.1) is 0 Å². The lowest BCUT2D eigenvalue weighted by Crippen LogP contribution is -2.29. The molecule has 0 amide bonds. The summed E-state index contributed by atoms with van der Waals surface area (Å²) < 4.78 is 27.1. The maximum absolute atomic E-state index is 12.3. The van der Waals surface area contributed by atoms with Gasteiger partial charge in [0.2, 0.25) is 10.0 Å². The zero-order chi connectivity index (χ0) is 13.9. The molecule has 0 aromatic heterocycles. The highest BCUT2D eigenvalue weighted by molar-refractivity contribution is 9.11. The molecule has 102 valence electrons. The number of aliphatic hydroxyl groups excluding tert-OH is 1. The van der Waals surface area contributed by atoms with Crippen molar-refractivity contribution in [2.45, 2.75) is 24.3 Å². The highest BCUT2D eigenvalue weighted by atomic mass is 79.9. The molecule has 0 bridgehead atoms. The Labute approximate surface area is 124 Å². The van der Waals surface area contributed by atoms with Crippen molar-refractivity contribution in [3.05, 3.63) is 27.1 Å². The van der Waals surface area contributed by atoms with Crippen LogP contribution >= 0.6 is 31.9 Å². The van der Waals surface area contributed by atoms with E-state index < -0.39 is 16.1 Å². The Morgan fingerprint density at radius 1 is 1.39 bits per heavy atom. The fourth-order valence-electron chi connectivity index (χ4n) is 1.33. The Hall–Kier alpha value is 0.0500. The number of hydrogen-bond acceptors (Lipinski definition) is 3. The first-order valence-electron chi connectivity index (χ1n) is 5.34. The molecule has 0 saturated carbocycles. The van der Waals surface area contributed by atoms with Crippen molar-refractivity contribution in [2.24, 2.45) is 0 Å². The number of rotatable bonds is 5. The predicted octanol–water partition coefficient (Wildman–Crippen LogP) is 2.60. The molecule has 1 atom stereocenters. The number of sulfonamides is 1. The average Bonchev–Trinajstić information content (AvgIpc) is 2.28. The fraction of sp³-hybridized carbons (Fsp3) is 0.455. The molecule has 7 heteroatoms. The molecule has 0 aliphatic heterocycles. The lowest BCUT2D eigenvalue weighted by Gasteiger charge is -2.18. The molecule has 1 aromatic carbocycles. The van der Waals surface area contributed by atoms with Gasteiger partial charge < -0.3 is 5.11 Å². The summed E-state index contributed by atoms with van der Waals surface area (Å²) in [5.41, 5.74) is 0. The molecule has 0 radical (unpaired) electrons. The SMILES string of the molecule is CC(O)CCN(C)S(=O)(=O)c1cc(Br)ccc1Br. The molecule has 4 nitrogen and oxygen atoms in total. The zero-order valence-corrected chi connectivity index (χ0v) is 14.1. The molecular weight excluding hydrogens is 386 g/mol. The van der Waals surface area contributed by atoms with Gasteiger partial charge in [-0.2, -0.15) is 0 Å². The Kier molecular flexibility index (Phi) is 5.79. The third-order valence-electron chi connectivity index (χ3n) is 2.44. The van der Waals surface area contributed by atoms with E-state index in [1.54, 1.807) is 25.1 Å². The molecule has 1 rings (SSSR count). The van der Waals surface area contributed by atoms with Crippen molar-refractivity contribution in [1.29, 1.82) is 0 Å². The zero-order valence-electron chi connectivity index (χ0n) is 10.1. The van der Waals surface area contributed by atoms with E-state index >= 15 is 0 Å². The topological polar surface area (TPSA) is 57.6 Å². The first-order valence-corrected chi connectivity index (χ1v) is 8.37.